The summed E-state index contributed by atoms with van der Waals surface area (Å²) in [5.74, 6) is -0.912. The summed E-state index contributed by atoms with van der Waals surface area (Å²) in [6, 6.07) is 23.2. The number of hydrogen-bond acceptors (Lipinski definition) is 2. The number of carboxylic acids is 1. The van der Waals surface area contributed by atoms with Gasteiger partial charge in [-0.25, -0.2) is 9.78 Å². The van der Waals surface area contributed by atoms with E-state index in [4.69, 9.17) is 5.11 Å². The number of aromatic nitrogens is 2. The molecular formula is C21H16N2O2. The highest BCUT2D eigenvalue weighted by molar-refractivity contribution is 5.89. The Morgan fingerprint density at radius 2 is 1.72 bits per heavy atom. The number of benzene rings is 3. The van der Waals surface area contributed by atoms with E-state index in [9.17, 15) is 4.79 Å². The van der Waals surface area contributed by atoms with E-state index >= 15 is 0 Å². The van der Waals surface area contributed by atoms with Gasteiger partial charge in [-0.2, -0.15) is 0 Å². The number of fused-ring (bicyclic) bond motifs is 1. The minimum Gasteiger partial charge on any atom is -0.478 e. The lowest BCUT2D eigenvalue weighted by Crippen LogP contribution is -1.98. The molecule has 1 heterocycles. The maximum Gasteiger partial charge on any atom is 0.335 e. The summed E-state index contributed by atoms with van der Waals surface area (Å²) in [5.41, 5.74) is 5.47. The standard InChI is InChI=1S/C21H16N2O2/c24-21(25)18-5-3-4-17(12-18)16-10-8-15(9-11-16)13-23-14-22-19-6-1-2-7-20(19)23/h1-12,14H,13H2,(H,24,25). The van der Waals surface area contributed by atoms with E-state index in [0.29, 0.717) is 5.56 Å². The topological polar surface area (TPSA) is 55.1 Å². The summed E-state index contributed by atoms with van der Waals surface area (Å²) in [6.07, 6.45) is 1.86. The zero-order valence-electron chi connectivity index (χ0n) is 13.5. The van der Waals surface area contributed by atoms with Crippen molar-refractivity contribution in [1.82, 2.24) is 9.55 Å². The van der Waals surface area contributed by atoms with Crippen LogP contribution in [-0.4, -0.2) is 20.6 Å². The second kappa shape index (κ2) is 6.24. The molecule has 4 heteroatoms. The Morgan fingerprint density at radius 1 is 0.920 bits per heavy atom. The molecule has 0 unspecified atom stereocenters. The lowest BCUT2D eigenvalue weighted by Gasteiger charge is -2.07. The Hall–Kier alpha value is -3.40. The maximum absolute atomic E-state index is 11.1. The Bertz CT molecular complexity index is 1050. The van der Waals surface area contributed by atoms with Gasteiger partial charge in [0.25, 0.3) is 0 Å². The normalized spacial score (nSPS) is 10.9. The fraction of sp³-hybridized carbons (Fsp3) is 0.0476. The van der Waals surface area contributed by atoms with Crippen molar-refractivity contribution in [1.29, 1.82) is 0 Å². The highest BCUT2D eigenvalue weighted by Crippen LogP contribution is 2.22. The lowest BCUT2D eigenvalue weighted by atomic mass is 10.0. The van der Waals surface area contributed by atoms with Gasteiger partial charge in [0.05, 0.1) is 22.9 Å². The third kappa shape index (κ3) is 3.02. The molecule has 25 heavy (non-hydrogen) atoms. The molecular weight excluding hydrogens is 312 g/mol. The molecule has 0 aliphatic carbocycles. The number of imidazole rings is 1. The van der Waals surface area contributed by atoms with Gasteiger partial charge in [0, 0.05) is 6.54 Å². The third-order valence-corrected chi connectivity index (χ3v) is 4.28. The summed E-state index contributed by atoms with van der Waals surface area (Å²) >= 11 is 0. The molecule has 0 radical (unpaired) electrons. The monoisotopic (exact) mass is 328 g/mol. The predicted octanol–water partition coefficient (Wildman–Crippen LogP) is 4.45. The average molecular weight is 328 g/mol. The molecule has 0 saturated carbocycles. The van der Waals surface area contributed by atoms with Crippen molar-refractivity contribution in [2.24, 2.45) is 0 Å². The van der Waals surface area contributed by atoms with Gasteiger partial charge in [-0.15, -0.1) is 0 Å². The van der Waals surface area contributed by atoms with Crippen molar-refractivity contribution in [2.75, 3.05) is 0 Å². The lowest BCUT2D eigenvalue weighted by molar-refractivity contribution is 0.0697. The number of carbonyl (C=O) groups is 1. The van der Waals surface area contributed by atoms with E-state index < -0.39 is 5.97 Å². The number of para-hydroxylation sites is 2. The average Bonchev–Trinajstić information content (AvgIpc) is 3.05. The van der Waals surface area contributed by atoms with Crippen LogP contribution in [0.5, 0.6) is 0 Å². The number of nitrogens with zero attached hydrogens (tertiary/aromatic N) is 2. The molecule has 0 fully saturated rings. The van der Waals surface area contributed by atoms with Crippen molar-refractivity contribution in [3.05, 3.63) is 90.3 Å². The van der Waals surface area contributed by atoms with Crippen LogP contribution in [0.1, 0.15) is 15.9 Å². The van der Waals surface area contributed by atoms with Gasteiger partial charge in [0.15, 0.2) is 0 Å². The van der Waals surface area contributed by atoms with Gasteiger partial charge in [-0.3, -0.25) is 0 Å². The van der Waals surface area contributed by atoms with Crippen LogP contribution in [0, 0.1) is 0 Å². The van der Waals surface area contributed by atoms with Crippen LogP contribution in [0.15, 0.2) is 79.1 Å². The van der Waals surface area contributed by atoms with Crippen LogP contribution in [0.25, 0.3) is 22.2 Å². The van der Waals surface area contributed by atoms with E-state index in [2.05, 4.69) is 27.8 Å². The van der Waals surface area contributed by atoms with Crippen molar-refractivity contribution < 1.29 is 9.90 Å². The van der Waals surface area contributed by atoms with Crippen LogP contribution in [0.4, 0.5) is 0 Å². The molecule has 1 aromatic heterocycles. The molecule has 0 aliphatic heterocycles. The molecule has 4 rings (SSSR count). The van der Waals surface area contributed by atoms with Crippen molar-refractivity contribution in [3.63, 3.8) is 0 Å². The molecule has 1 N–H and O–H groups in total. The van der Waals surface area contributed by atoms with E-state index in [1.165, 1.54) is 5.56 Å². The summed E-state index contributed by atoms with van der Waals surface area (Å²) in [5, 5.41) is 9.12. The predicted molar refractivity (Wildman–Crippen MR) is 97.7 cm³/mol. The fourth-order valence-electron chi connectivity index (χ4n) is 2.97. The molecule has 0 bridgehead atoms. The fourth-order valence-corrected chi connectivity index (χ4v) is 2.97. The summed E-state index contributed by atoms with van der Waals surface area (Å²) in [7, 11) is 0. The Kier molecular flexibility index (Phi) is 3.78. The van der Waals surface area contributed by atoms with E-state index in [1.54, 1.807) is 18.2 Å². The van der Waals surface area contributed by atoms with Crippen molar-refractivity contribution >= 4 is 17.0 Å². The van der Waals surface area contributed by atoms with E-state index in [1.807, 2.05) is 42.7 Å². The van der Waals surface area contributed by atoms with Crippen LogP contribution in [0.3, 0.4) is 0 Å². The SMILES string of the molecule is O=C(O)c1cccc(-c2ccc(Cn3cnc4ccccc43)cc2)c1. The quantitative estimate of drug-likeness (QED) is 0.602. The first kappa shape index (κ1) is 15.1. The molecule has 4 nitrogen and oxygen atoms in total. The first-order chi connectivity index (χ1) is 12.2. The highest BCUT2D eigenvalue weighted by Gasteiger charge is 2.06. The third-order valence-electron chi connectivity index (χ3n) is 4.28. The van der Waals surface area contributed by atoms with E-state index in [0.717, 1.165) is 28.7 Å². The zero-order valence-corrected chi connectivity index (χ0v) is 13.5. The molecule has 0 aliphatic rings. The maximum atomic E-state index is 11.1. The van der Waals surface area contributed by atoms with Gasteiger partial charge in [0.1, 0.15) is 0 Å². The minimum atomic E-state index is -0.912. The smallest absolute Gasteiger partial charge is 0.335 e. The number of carboxylic acid groups (broad SMARTS) is 1. The van der Waals surface area contributed by atoms with Crippen LogP contribution < -0.4 is 0 Å². The molecule has 0 saturated heterocycles. The number of hydrogen-bond donors (Lipinski definition) is 1. The van der Waals surface area contributed by atoms with Crippen LogP contribution in [-0.2, 0) is 6.54 Å². The molecule has 122 valence electrons. The second-order valence-corrected chi connectivity index (χ2v) is 5.94. The molecule has 4 aromatic rings. The molecule has 0 atom stereocenters. The molecule has 0 amide bonds. The first-order valence-electron chi connectivity index (χ1n) is 8.03. The Morgan fingerprint density at radius 3 is 2.52 bits per heavy atom. The number of rotatable bonds is 4. The Balaban J connectivity index is 1.60. The van der Waals surface area contributed by atoms with Crippen LogP contribution in [0.2, 0.25) is 0 Å². The van der Waals surface area contributed by atoms with Gasteiger partial charge < -0.3 is 9.67 Å². The van der Waals surface area contributed by atoms with Gasteiger partial charge in [-0.1, -0.05) is 48.5 Å². The second-order valence-electron chi connectivity index (χ2n) is 5.94. The van der Waals surface area contributed by atoms with E-state index in [-0.39, 0.29) is 0 Å². The minimum absolute atomic E-state index is 0.298. The van der Waals surface area contributed by atoms with Crippen molar-refractivity contribution in [2.45, 2.75) is 6.54 Å². The summed E-state index contributed by atoms with van der Waals surface area (Å²) in [4.78, 5) is 15.5. The largest absolute Gasteiger partial charge is 0.478 e. The number of aromatic carboxylic acids is 1. The summed E-state index contributed by atoms with van der Waals surface area (Å²) < 4.78 is 2.12. The summed E-state index contributed by atoms with van der Waals surface area (Å²) in [6.45, 7) is 0.746. The van der Waals surface area contributed by atoms with Crippen LogP contribution >= 0.6 is 0 Å². The highest BCUT2D eigenvalue weighted by atomic mass is 16.4. The van der Waals surface area contributed by atoms with Gasteiger partial charge in [-0.05, 0) is 41.0 Å². The first-order valence-corrected chi connectivity index (χ1v) is 8.03. The van der Waals surface area contributed by atoms with Crippen molar-refractivity contribution in [3.8, 4) is 11.1 Å². The van der Waals surface area contributed by atoms with Gasteiger partial charge >= 0.3 is 5.97 Å². The zero-order chi connectivity index (χ0) is 17.2. The molecule has 3 aromatic carbocycles. The van der Waals surface area contributed by atoms with Gasteiger partial charge in [0.2, 0.25) is 0 Å². The Labute approximate surface area is 145 Å². The molecule has 0 spiro atoms.